The second-order valence-electron chi connectivity index (χ2n) is 11.2. The van der Waals surface area contributed by atoms with Crippen LogP contribution in [0, 0.1) is 0 Å². The van der Waals surface area contributed by atoms with Gasteiger partial charge in [0.15, 0.2) is 0 Å². The number of benzene rings is 8. The summed E-state index contributed by atoms with van der Waals surface area (Å²) in [4.78, 5) is 0. The summed E-state index contributed by atoms with van der Waals surface area (Å²) in [7, 11) is 0. The Morgan fingerprint density at radius 1 is 0.326 bits per heavy atom. The molecule has 0 bridgehead atoms. The third kappa shape index (κ3) is 3.65. The van der Waals surface area contributed by atoms with Crippen LogP contribution >= 0.6 is 0 Å². The summed E-state index contributed by atoms with van der Waals surface area (Å²) in [6.07, 6.45) is 0. The number of furan rings is 1. The average Bonchev–Trinajstić information content (AvgIpc) is 3.48. The van der Waals surface area contributed by atoms with Crippen molar-refractivity contribution in [3.8, 4) is 44.7 Å². The Bertz CT molecular complexity index is 2420. The van der Waals surface area contributed by atoms with E-state index in [1.165, 1.54) is 49.0 Å². The van der Waals surface area contributed by atoms with Crippen molar-refractivity contribution >= 4 is 43.3 Å². The average molecular weight is 547 g/mol. The van der Waals surface area contributed by atoms with Crippen molar-refractivity contribution < 1.29 is 4.42 Å². The van der Waals surface area contributed by atoms with Crippen LogP contribution in [0.3, 0.4) is 0 Å². The second-order valence-corrected chi connectivity index (χ2v) is 11.2. The molecule has 0 saturated carbocycles. The molecule has 1 heteroatoms. The lowest BCUT2D eigenvalue weighted by atomic mass is 9.87. The van der Waals surface area contributed by atoms with Crippen molar-refractivity contribution in [1.29, 1.82) is 0 Å². The minimum Gasteiger partial charge on any atom is -0.455 e. The van der Waals surface area contributed by atoms with Crippen LogP contribution in [-0.4, -0.2) is 0 Å². The van der Waals surface area contributed by atoms with Gasteiger partial charge in [-0.1, -0.05) is 158 Å². The van der Waals surface area contributed by atoms with Crippen LogP contribution in [0.25, 0.3) is 88.0 Å². The van der Waals surface area contributed by atoms with Crippen LogP contribution in [0.5, 0.6) is 0 Å². The van der Waals surface area contributed by atoms with Crippen LogP contribution in [0.1, 0.15) is 0 Å². The molecule has 0 aliphatic heterocycles. The minimum atomic E-state index is 0.902. The summed E-state index contributed by atoms with van der Waals surface area (Å²) in [5.74, 6) is 0.902. The van der Waals surface area contributed by atoms with Gasteiger partial charge in [-0.15, -0.1) is 0 Å². The first-order valence-corrected chi connectivity index (χ1v) is 14.8. The van der Waals surface area contributed by atoms with Gasteiger partial charge in [-0.3, -0.25) is 0 Å². The first-order chi connectivity index (χ1) is 21.3. The van der Waals surface area contributed by atoms with Gasteiger partial charge in [0.1, 0.15) is 11.3 Å². The van der Waals surface area contributed by atoms with Crippen molar-refractivity contribution in [3.63, 3.8) is 0 Å². The molecule has 43 heavy (non-hydrogen) atoms. The Kier molecular flexibility index (Phi) is 5.27. The molecular weight excluding hydrogens is 520 g/mol. The molecule has 9 aromatic rings. The van der Waals surface area contributed by atoms with Gasteiger partial charge in [-0.25, -0.2) is 0 Å². The largest absolute Gasteiger partial charge is 0.455 e. The third-order valence-electron chi connectivity index (χ3n) is 8.85. The Labute approximate surface area is 249 Å². The molecule has 0 unspecified atom stereocenters. The summed E-state index contributed by atoms with van der Waals surface area (Å²) in [5.41, 5.74) is 9.08. The molecule has 200 valence electrons. The van der Waals surface area contributed by atoms with E-state index in [4.69, 9.17) is 4.42 Å². The predicted octanol–water partition coefficient (Wildman–Crippen LogP) is 12.0. The number of hydrogen-bond donors (Lipinski definition) is 0. The highest BCUT2D eigenvalue weighted by Gasteiger charge is 2.22. The highest BCUT2D eigenvalue weighted by atomic mass is 16.3. The van der Waals surface area contributed by atoms with Gasteiger partial charge in [0.05, 0.1) is 0 Å². The van der Waals surface area contributed by atoms with E-state index in [0.717, 1.165) is 39.0 Å². The zero-order chi connectivity index (χ0) is 28.3. The van der Waals surface area contributed by atoms with Crippen molar-refractivity contribution in [3.05, 3.63) is 158 Å². The van der Waals surface area contributed by atoms with Crippen LogP contribution < -0.4 is 0 Å². The minimum absolute atomic E-state index is 0.902. The molecule has 9 rings (SSSR count). The van der Waals surface area contributed by atoms with Crippen LogP contribution in [0.15, 0.2) is 162 Å². The summed E-state index contributed by atoms with van der Waals surface area (Å²) in [6, 6.07) is 56.5. The van der Waals surface area contributed by atoms with Gasteiger partial charge in [0, 0.05) is 22.1 Å². The molecule has 0 saturated heterocycles. The number of hydrogen-bond acceptors (Lipinski definition) is 1. The summed E-state index contributed by atoms with van der Waals surface area (Å²) in [5, 5.41) is 8.79. The van der Waals surface area contributed by atoms with E-state index >= 15 is 0 Å². The highest BCUT2D eigenvalue weighted by molar-refractivity contribution is 6.28. The molecule has 0 amide bonds. The number of para-hydroxylation sites is 1. The van der Waals surface area contributed by atoms with Gasteiger partial charge >= 0.3 is 0 Å². The molecule has 0 aliphatic carbocycles. The van der Waals surface area contributed by atoms with Crippen molar-refractivity contribution in [2.45, 2.75) is 0 Å². The normalized spacial score (nSPS) is 11.7. The Hall–Kier alpha value is -5.66. The molecule has 0 spiro atoms. The van der Waals surface area contributed by atoms with Gasteiger partial charge in [-0.05, 0) is 54.6 Å². The molecule has 8 aromatic carbocycles. The van der Waals surface area contributed by atoms with Crippen molar-refractivity contribution in [2.24, 2.45) is 0 Å². The zero-order valence-electron chi connectivity index (χ0n) is 23.4. The molecule has 0 N–H and O–H groups in total. The first-order valence-electron chi connectivity index (χ1n) is 14.8. The van der Waals surface area contributed by atoms with E-state index < -0.39 is 0 Å². The standard InChI is InChI=1S/C42H26O/c1-4-11-27(12-5-1)32-23-19-29-22-26-35-33(24-20-30-21-25-34(32)38(29)39(30)35)36-17-10-18-37-40(28-13-6-2-7-14-28)41(43-42(36)37)31-15-8-3-9-16-31/h1-26H. The highest BCUT2D eigenvalue weighted by Crippen LogP contribution is 2.47. The fraction of sp³-hybridized carbons (Fsp3) is 0. The number of rotatable bonds is 4. The summed E-state index contributed by atoms with van der Waals surface area (Å²) < 4.78 is 6.89. The Morgan fingerprint density at radius 3 is 1.51 bits per heavy atom. The fourth-order valence-electron chi connectivity index (χ4n) is 6.92. The quantitative estimate of drug-likeness (QED) is 0.200. The molecule has 0 aliphatic rings. The van der Waals surface area contributed by atoms with Crippen molar-refractivity contribution in [1.82, 2.24) is 0 Å². The molecule has 1 heterocycles. The predicted molar refractivity (Wildman–Crippen MR) is 182 cm³/mol. The molecular formula is C42H26O. The van der Waals surface area contributed by atoms with E-state index in [-0.39, 0.29) is 0 Å². The topological polar surface area (TPSA) is 13.1 Å². The second kappa shape index (κ2) is 9.44. The maximum atomic E-state index is 6.89. The lowest BCUT2D eigenvalue weighted by molar-refractivity contribution is 0.633. The zero-order valence-corrected chi connectivity index (χ0v) is 23.4. The van der Waals surface area contributed by atoms with Gasteiger partial charge in [0.2, 0.25) is 0 Å². The van der Waals surface area contributed by atoms with E-state index in [1.807, 2.05) is 6.07 Å². The molecule has 1 aromatic heterocycles. The van der Waals surface area contributed by atoms with E-state index in [0.29, 0.717) is 0 Å². The van der Waals surface area contributed by atoms with E-state index in [1.54, 1.807) is 0 Å². The third-order valence-corrected chi connectivity index (χ3v) is 8.85. The molecule has 0 atom stereocenters. The summed E-state index contributed by atoms with van der Waals surface area (Å²) in [6.45, 7) is 0. The van der Waals surface area contributed by atoms with E-state index in [2.05, 4.69) is 152 Å². The Balaban J connectivity index is 1.35. The van der Waals surface area contributed by atoms with Gasteiger partial charge in [0.25, 0.3) is 0 Å². The fourth-order valence-corrected chi connectivity index (χ4v) is 6.92. The monoisotopic (exact) mass is 546 g/mol. The SMILES string of the molecule is c1ccc(-c2oc3c(-c4ccc5ccc6c(-c7ccccc7)ccc7ccc4c5c76)cccc3c2-c2ccccc2)cc1. The van der Waals surface area contributed by atoms with Gasteiger partial charge < -0.3 is 4.42 Å². The van der Waals surface area contributed by atoms with Crippen LogP contribution in [-0.2, 0) is 0 Å². The maximum Gasteiger partial charge on any atom is 0.143 e. The van der Waals surface area contributed by atoms with Crippen molar-refractivity contribution in [2.75, 3.05) is 0 Å². The Morgan fingerprint density at radius 2 is 0.860 bits per heavy atom. The number of fused-ring (bicyclic) bond motifs is 1. The molecule has 0 radical (unpaired) electrons. The first kappa shape index (κ1) is 24.0. The maximum absolute atomic E-state index is 6.89. The van der Waals surface area contributed by atoms with E-state index in [9.17, 15) is 0 Å². The lowest BCUT2D eigenvalue weighted by Crippen LogP contribution is -1.89. The molecule has 1 nitrogen and oxygen atoms in total. The van der Waals surface area contributed by atoms with Crippen LogP contribution in [0.4, 0.5) is 0 Å². The molecule has 0 fully saturated rings. The summed E-state index contributed by atoms with van der Waals surface area (Å²) >= 11 is 0. The van der Waals surface area contributed by atoms with Gasteiger partial charge in [-0.2, -0.15) is 0 Å². The lowest BCUT2D eigenvalue weighted by Gasteiger charge is -2.16. The smallest absolute Gasteiger partial charge is 0.143 e. The van der Waals surface area contributed by atoms with Crippen LogP contribution in [0.2, 0.25) is 0 Å².